The van der Waals surface area contributed by atoms with Crippen molar-refractivity contribution in [2.75, 3.05) is 19.6 Å². The predicted octanol–water partition coefficient (Wildman–Crippen LogP) is 2.48. The van der Waals surface area contributed by atoms with Crippen LogP contribution in [0.15, 0.2) is 18.2 Å². The number of nitro benzene ring substituents is 1. The molecule has 1 aromatic carbocycles. The summed E-state index contributed by atoms with van der Waals surface area (Å²) in [5.41, 5.74) is 1.93. The average molecular weight is 289 g/mol. The molecule has 0 aromatic heterocycles. The summed E-state index contributed by atoms with van der Waals surface area (Å²) in [6, 6.07) is 6.36. The number of likely N-dealkylation sites (tertiary alicyclic amines) is 1. The molecule has 2 aliphatic rings. The molecular formula is C16H23N3O2. The van der Waals surface area contributed by atoms with Crippen LogP contribution < -0.4 is 5.32 Å². The molecule has 1 atom stereocenters. The van der Waals surface area contributed by atoms with Gasteiger partial charge in [0.1, 0.15) is 0 Å². The third kappa shape index (κ3) is 3.60. The third-order valence-electron chi connectivity index (χ3n) is 4.61. The lowest BCUT2D eigenvalue weighted by Crippen LogP contribution is -2.27. The van der Waals surface area contributed by atoms with E-state index in [0.29, 0.717) is 6.54 Å². The first-order chi connectivity index (χ1) is 10.1. The molecule has 1 saturated carbocycles. The zero-order chi connectivity index (χ0) is 14.8. The molecule has 1 unspecified atom stereocenters. The molecule has 1 aromatic rings. The molecule has 1 aliphatic heterocycles. The molecule has 1 N–H and O–H groups in total. The highest BCUT2D eigenvalue weighted by Gasteiger charge is 2.33. The fourth-order valence-electron chi connectivity index (χ4n) is 3.18. The van der Waals surface area contributed by atoms with Crippen LogP contribution in [0.3, 0.4) is 0 Å². The molecule has 5 nitrogen and oxygen atoms in total. The van der Waals surface area contributed by atoms with Crippen molar-refractivity contribution in [3.8, 4) is 0 Å². The largest absolute Gasteiger partial charge is 0.312 e. The summed E-state index contributed by atoms with van der Waals surface area (Å²) >= 11 is 0. The van der Waals surface area contributed by atoms with E-state index in [1.54, 1.807) is 13.0 Å². The highest BCUT2D eigenvalue weighted by atomic mass is 16.6. The van der Waals surface area contributed by atoms with Gasteiger partial charge in [0.2, 0.25) is 0 Å². The lowest BCUT2D eigenvalue weighted by atomic mass is 10.1. The first kappa shape index (κ1) is 14.5. The summed E-state index contributed by atoms with van der Waals surface area (Å²) in [4.78, 5) is 13.3. The van der Waals surface area contributed by atoms with Crippen molar-refractivity contribution in [3.05, 3.63) is 39.4 Å². The zero-order valence-corrected chi connectivity index (χ0v) is 12.5. The minimum absolute atomic E-state index is 0.218. The Morgan fingerprint density at radius 3 is 2.90 bits per heavy atom. The molecule has 0 radical (unpaired) electrons. The standard InChI is InChI=1S/C16H23N3O2/c1-12-2-3-13(8-16(12)19(20)21)9-17-10-14-6-7-18(11-14)15-4-5-15/h2-3,8,14-15,17H,4-7,9-11H2,1H3. The van der Waals surface area contributed by atoms with Gasteiger partial charge in [-0.25, -0.2) is 0 Å². The topological polar surface area (TPSA) is 58.4 Å². The van der Waals surface area contributed by atoms with E-state index >= 15 is 0 Å². The van der Waals surface area contributed by atoms with Crippen molar-refractivity contribution >= 4 is 5.69 Å². The smallest absolute Gasteiger partial charge is 0.272 e. The van der Waals surface area contributed by atoms with Gasteiger partial charge in [-0.05, 0) is 50.8 Å². The maximum atomic E-state index is 10.9. The molecule has 0 spiro atoms. The molecular weight excluding hydrogens is 266 g/mol. The minimum Gasteiger partial charge on any atom is -0.312 e. The highest BCUT2D eigenvalue weighted by molar-refractivity contribution is 5.42. The molecule has 5 heteroatoms. The van der Waals surface area contributed by atoms with Crippen LogP contribution in [0.5, 0.6) is 0 Å². The van der Waals surface area contributed by atoms with E-state index in [2.05, 4.69) is 10.2 Å². The third-order valence-corrected chi connectivity index (χ3v) is 4.61. The molecule has 2 fully saturated rings. The van der Waals surface area contributed by atoms with E-state index in [4.69, 9.17) is 0 Å². The minimum atomic E-state index is -0.302. The molecule has 1 heterocycles. The Labute approximate surface area is 125 Å². The van der Waals surface area contributed by atoms with E-state index in [9.17, 15) is 10.1 Å². The Hall–Kier alpha value is -1.46. The van der Waals surface area contributed by atoms with Crippen molar-refractivity contribution in [2.45, 2.75) is 38.8 Å². The average Bonchev–Trinajstić information content (AvgIpc) is 3.20. The van der Waals surface area contributed by atoms with Crippen LogP contribution in [0.2, 0.25) is 0 Å². The number of hydrogen-bond donors (Lipinski definition) is 1. The van der Waals surface area contributed by atoms with Gasteiger partial charge in [-0.3, -0.25) is 10.1 Å². The van der Waals surface area contributed by atoms with Crippen LogP contribution in [0, 0.1) is 23.0 Å². The molecule has 1 saturated heterocycles. The Morgan fingerprint density at radius 2 is 2.19 bits per heavy atom. The van der Waals surface area contributed by atoms with Gasteiger partial charge in [-0.1, -0.05) is 12.1 Å². The molecule has 0 bridgehead atoms. The summed E-state index contributed by atoms with van der Waals surface area (Å²) in [7, 11) is 0. The Bertz CT molecular complexity index is 528. The Morgan fingerprint density at radius 1 is 1.38 bits per heavy atom. The number of rotatable bonds is 6. The van der Waals surface area contributed by atoms with E-state index in [-0.39, 0.29) is 10.6 Å². The Kier molecular flexibility index (Phi) is 4.22. The van der Waals surface area contributed by atoms with E-state index in [0.717, 1.165) is 29.6 Å². The summed E-state index contributed by atoms with van der Waals surface area (Å²) in [6.45, 7) is 5.95. The molecule has 0 amide bonds. The predicted molar refractivity (Wildman–Crippen MR) is 82.2 cm³/mol. The van der Waals surface area contributed by atoms with Gasteiger partial charge >= 0.3 is 0 Å². The second-order valence-electron chi connectivity index (χ2n) is 6.39. The van der Waals surface area contributed by atoms with Crippen molar-refractivity contribution in [3.63, 3.8) is 0 Å². The van der Waals surface area contributed by atoms with Gasteiger partial charge in [0.15, 0.2) is 0 Å². The summed E-state index contributed by atoms with van der Waals surface area (Å²) < 4.78 is 0. The second-order valence-corrected chi connectivity index (χ2v) is 6.39. The van der Waals surface area contributed by atoms with Gasteiger partial charge in [0.05, 0.1) is 4.92 Å². The number of hydrogen-bond acceptors (Lipinski definition) is 4. The van der Waals surface area contributed by atoms with Crippen molar-refractivity contribution < 1.29 is 4.92 Å². The molecule has 1 aliphatic carbocycles. The Balaban J connectivity index is 1.47. The second kappa shape index (κ2) is 6.12. The number of nitrogens with one attached hydrogen (secondary N) is 1. The van der Waals surface area contributed by atoms with Crippen LogP contribution in [-0.4, -0.2) is 35.5 Å². The lowest BCUT2D eigenvalue weighted by molar-refractivity contribution is -0.385. The SMILES string of the molecule is Cc1ccc(CNCC2CCN(C3CC3)C2)cc1[N+](=O)[O-]. The van der Waals surface area contributed by atoms with E-state index in [1.165, 1.54) is 32.4 Å². The van der Waals surface area contributed by atoms with Gasteiger partial charge in [0.25, 0.3) is 5.69 Å². The van der Waals surface area contributed by atoms with Crippen LogP contribution in [0.4, 0.5) is 5.69 Å². The number of nitro groups is 1. The first-order valence-corrected chi connectivity index (χ1v) is 7.82. The zero-order valence-electron chi connectivity index (χ0n) is 12.5. The van der Waals surface area contributed by atoms with E-state index < -0.39 is 0 Å². The van der Waals surface area contributed by atoms with Crippen LogP contribution >= 0.6 is 0 Å². The van der Waals surface area contributed by atoms with Crippen molar-refractivity contribution in [2.24, 2.45) is 5.92 Å². The molecule has 3 rings (SSSR count). The number of aryl methyl sites for hydroxylation is 1. The normalized spacial score (nSPS) is 22.6. The number of benzene rings is 1. The van der Waals surface area contributed by atoms with E-state index in [1.807, 2.05) is 12.1 Å². The van der Waals surface area contributed by atoms with Gasteiger partial charge in [0, 0.05) is 30.8 Å². The van der Waals surface area contributed by atoms with Crippen molar-refractivity contribution in [1.82, 2.24) is 10.2 Å². The molecule has 114 valence electrons. The lowest BCUT2D eigenvalue weighted by Gasteiger charge is -2.15. The van der Waals surface area contributed by atoms with Gasteiger partial charge in [-0.15, -0.1) is 0 Å². The summed E-state index contributed by atoms with van der Waals surface area (Å²) in [5, 5.41) is 14.4. The van der Waals surface area contributed by atoms with Crippen LogP contribution in [0.1, 0.15) is 30.4 Å². The summed E-state index contributed by atoms with van der Waals surface area (Å²) in [6.07, 6.45) is 4.04. The van der Waals surface area contributed by atoms with Gasteiger partial charge < -0.3 is 10.2 Å². The fourth-order valence-corrected chi connectivity index (χ4v) is 3.18. The quantitative estimate of drug-likeness (QED) is 0.645. The maximum absolute atomic E-state index is 10.9. The maximum Gasteiger partial charge on any atom is 0.272 e. The van der Waals surface area contributed by atoms with Crippen molar-refractivity contribution in [1.29, 1.82) is 0 Å². The molecule has 21 heavy (non-hydrogen) atoms. The highest BCUT2D eigenvalue weighted by Crippen LogP contribution is 2.31. The summed E-state index contributed by atoms with van der Waals surface area (Å²) in [5.74, 6) is 0.728. The van der Waals surface area contributed by atoms with Crippen LogP contribution in [0.25, 0.3) is 0 Å². The van der Waals surface area contributed by atoms with Gasteiger partial charge in [-0.2, -0.15) is 0 Å². The first-order valence-electron chi connectivity index (χ1n) is 7.82. The van der Waals surface area contributed by atoms with Crippen LogP contribution in [-0.2, 0) is 6.54 Å². The monoisotopic (exact) mass is 289 g/mol. The number of nitrogens with zero attached hydrogens (tertiary/aromatic N) is 2. The fraction of sp³-hybridized carbons (Fsp3) is 0.625.